The number of aryl methyl sites for hydroxylation is 1. The molecule has 0 heterocycles. The molecule has 0 saturated heterocycles. The third-order valence-electron chi connectivity index (χ3n) is 6.67. The lowest BCUT2D eigenvalue weighted by Crippen LogP contribution is -2.33. The number of carbonyl (C=O) groups is 2. The van der Waals surface area contributed by atoms with Crippen LogP contribution in [-0.4, -0.2) is 27.0 Å². The predicted octanol–water partition coefficient (Wildman–Crippen LogP) is 6.32. The normalized spacial score (nSPS) is 15.5. The standard InChI is InChI=1S/C28H25F4NO4S/c29-23-8-10-24(11-9-23)33(38(36,37)26-6-2-5-22(17-26)28(30,31)32)14-13-25(35)16-21-4-1-3-20-15-19(18-34)7-12-27(20)21/h2,5-12,15,17-18,21H,1,3-4,13-14,16H2/t21-/m0/s1. The van der Waals surface area contributed by atoms with Crippen LogP contribution in [0.1, 0.15) is 58.6 Å². The van der Waals surface area contributed by atoms with E-state index in [0.717, 1.165) is 71.3 Å². The van der Waals surface area contributed by atoms with E-state index in [0.29, 0.717) is 11.6 Å². The number of benzene rings is 3. The highest BCUT2D eigenvalue weighted by Gasteiger charge is 2.33. The lowest BCUT2D eigenvalue weighted by atomic mass is 9.79. The average Bonchev–Trinajstić information content (AvgIpc) is 2.89. The molecule has 200 valence electrons. The van der Waals surface area contributed by atoms with Crippen molar-refractivity contribution in [1.29, 1.82) is 0 Å². The van der Waals surface area contributed by atoms with Gasteiger partial charge < -0.3 is 0 Å². The minimum atomic E-state index is -4.75. The van der Waals surface area contributed by atoms with E-state index in [1.807, 2.05) is 12.1 Å². The summed E-state index contributed by atoms with van der Waals surface area (Å²) < 4.78 is 81.0. The van der Waals surface area contributed by atoms with Crippen LogP contribution in [0.4, 0.5) is 23.2 Å². The van der Waals surface area contributed by atoms with Crippen LogP contribution in [0, 0.1) is 5.82 Å². The highest BCUT2D eigenvalue weighted by Crippen LogP contribution is 2.35. The third kappa shape index (κ3) is 6.12. The summed E-state index contributed by atoms with van der Waals surface area (Å²) >= 11 is 0. The fraction of sp³-hybridized carbons (Fsp3) is 0.286. The van der Waals surface area contributed by atoms with Gasteiger partial charge in [0.1, 0.15) is 17.9 Å². The zero-order valence-electron chi connectivity index (χ0n) is 20.2. The Morgan fingerprint density at radius 2 is 1.76 bits per heavy atom. The first-order valence-electron chi connectivity index (χ1n) is 12.0. The maximum absolute atomic E-state index is 13.5. The van der Waals surface area contributed by atoms with E-state index >= 15 is 0 Å². The molecule has 0 radical (unpaired) electrons. The van der Waals surface area contributed by atoms with Gasteiger partial charge >= 0.3 is 6.18 Å². The number of ketones is 1. The molecule has 0 N–H and O–H groups in total. The van der Waals surface area contributed by atoms with Gasteiger partial charge in [-0.1, -0.05) is 18.2 Å². The molecule has 0 spiro atoms. The van der Waals surface area contributed by atoms with Crippen molar-refractivity contribution in [3.8, 4) is 0 Å². The molecule has 5 nitrogen and oxygen atoms in total. The molecule has 0 fully saturated rings. The Balaban J connectivity index is 1.56. The minimum Gasteiger partial charge on any atom is -0.300 e. The summed E-state index contributed by atoms with van der Waals surface area (Å²) in [5, 5.41) is 0. The van der Waals surface area contributed by atoms with Crippen molar-refractivity contribution in [3.63, 3.8) is 0 Å². The van der Waals surface area contributed by atoms with Crippen LogP contribution in [0.15, 0.2) is 71.6 Å². The van der Waals surface area contributed by atoms with Gasteiger partial charge in [-0.25, -0.2) is 12.8 Å². The Morgan fingerprint density at radius 1 is 1.03 bits per heavy atom. The van der Waals surface area contributed by atoms with Crippen molar-refractivity contribution in [1.82, 2.24) is 0 Å². The van der Waals surface area contributed by atoms with Gasteiger partial charge in [-0.15, -0.1) is 0 Å². The minimum absolute atomic E-state index is 0.0287. The van der Waals surface area contributed by atoms with Crippen LogP contribution < -0.4 is 4.31 Å². The van der Waals surface area contributed by atoms with E-state index in [2.05, 4.69) is 0 Å². The Labute approximate surface area is 218 Å². The van der Waals surface area contributed by atoms with Gasteiger partial charge in [0.15, 0.2) is 0 Å². The molecule has 0 bridgehead atoms. The summed E-state index contributed by atoms with van der Waals surface area (Å²) in [7, 11) is -4.51. The van der Waals surface area contributed by atoms with E-state index in [9.17, 15) is 35.6 Å². The number of hydrogen-bond acceptors (Lipinski definition) is 4. The Kier molecular flexibility index (Phi) is 8.01. The number of anilines is 1. The second-order valence-electron chi connectivity index (χ2n) is 9.24. The molecule has 0 saturated carbocycles. The molecule has 0 unspecified atom stereocenters. The molecule has 10 heteroatoms. The first-order valence-corrected chi connectivity index (χ1v) is 13.5. The molecule has 0 aromatic heterocycles. The zero-order valence-corrected chi connectivity index (χ0v) is 21.1. The summed E-state index contributed by atoms with van der Waals surface area (Å²) in [6.45, 7) is -0.327. The van der Waals surface area contributed by atoms with Gasteiger partial charge in [-0.05, 0) is 84.8 Å². The summed E-state index contributed by atoms with van der Waals surface area (Å²) in [5.41, 5.74) is 1.47. The summed E-state index contributed by atoms with van der Waals surface area (Å²) in [5.74, 6) is -0.907. The Bertz CT molecular complexity index is 1440. The van der Waals surface area contributed by atoms with Crippen molar-refractivity contribution in [2.75, 3.05) is 10.8 Å². The summed E-state index contributed by atoms with van der Waals surface area (Å²) in [6, 6.07) is 13.2. The molecule has 3 aromatic carbocycles. The van der Waals surface area contributed by atoms with Crippen molar-refractivity contribution >= 4 is 27.8 Å². The average molecular weight is 548 g/mol. The van der Waals surface area contributed by atoms with E-state index in [1.54, 1.807) is 6.07 Å². The highest BCUT2D eigenvalue weighted by atomic mass is 32.2. The number of rotatable bonds is 9. The number of alkyl halides is 3. The lowest BCUT2D eigenvalue weighted by Gasteiger charge is -2.27. The summed E-state index contributed by atoms with van der Waals surface area (Å²) in [4.78, 5) is 23.5. The van der Waals surface area contributed by atoms with Gasteiger partial charge in [0, 0.05) is 24.9 Å². The molecule has 0 amide bonds. The van der Waals surface area contributed by atoms with Crippen LogP contribution in [0.5, 0.6) is 0 Å². The molecular weight excluding hydrogens is 522 g/mol. The molecule has 1 aliphatic carbocycles. The van der Waals surface area contributed by atoms with Gasteiger partial charge in [0.2, 0.25) is 0 Å². The smallest absolute Gasteiger partial charge is 0.300 e. The number of nitrogens with zero attached hydrogens (tertiary/aromatic N) is 1. The Morgan fingerprint density at radius 3 is 2.45 bits per heavy atom. The second-order valence-corrected chi connectivity index (χ2v) is 11.1. The van der Waals surface area contributed by atoms with Crippen molar-refractivity contribution < 1.29 is 35.6 Å². The van der Waals surface area contributed by atoms with Crippen LogP contribution in [-0.2, 0) is 27.4 Å². The maximum Gasteiger partial charge on any atom is 0.416 e. The van der Waals surface area contributed by atoms with Gasteiger partial charge in [0.25, 0.3) is 10.0 Å². The fourth-order valence-corrected chi connectivity index (χ4v) is 6.29. The monoisotopic (exact) mass is 547 g/mol. The first-order chi connectivity index (χ1) is 18.0. The van der Waals surface area contributed by atoms with Gasteiger partial charge in [-0.2, -0.15) is 13.2 Å². The van der Waals surface area contributed by atoms with Crippen LogP contribution >= 0.6 is 0 Å². The molecule has 0 aliphatic heterocycles. The third-order valence-corrected chi connectivity index (χ3v) is 8.50. The fourth-order valence-electron chi connectivity index (χ4n) is 4.78. The molecule has 1 aliphatic rings. The molecule has 3 aromatic rings. The highest BCUT2D eigenvalue weighted by molar-refractivity contribution is 7.92. The molecule has 1 atom stereocenters. The molecular formula is C28H25F4NO4S. The van der Waals surface area contributed by atoms with E-state index in [1.165, 1.54) is 12.1 Å². The number of hydrogen-bond donors (Lipinski definition) is 0. The molecule has 38 heavy (non-hydrogen) atoms. The predicted molar refractivity (Wildman–Crippen MR) is 134 cm³/mol. The number of fused-ring (bicyclic) bond motifs is 1. The number of carbonyl (C=O) groups excluding carboxylic acids is 2. The number of aldehydes is 1. The Hall–Kier alpha value is -3.53. The van der Waals surface area contributed by atoms with Crippen LogP contribution in [0.25, 0.3) is 0 Å². The largest absolute Gasteiger partial charge is 0.416 e. The SMILES string of the molecule is O=Cc1ccc2c(c1)CCC[C@H]2CC(=O)CCN(c1ccc(F)cc1)S(=O)(=O)c1cccc(C(F)(F)F)c1. The first kappa shape index (κ1) is 27.5. The van der Waals surface area contributed by atoms with Crippen molar-refractivity contribution in [3.05, 3.63) is 94.8 Å². The number of sulfonamides is 1. The van der Waals surface area contributed by atoms with E-state index in [-0.39, 0.29) is 36.8 Å². The van der Waals surface area contributed by atoms with Crippen molar-refractivity contribution in [2.45, 2.75) is 49.1 Å². The molecule has 4 rings (SSSR count). The van der Waals surface area contributed by atoms with Gasteiger partial charge in [-0.3, -0.25) is 13.9 Å². The van der Waals surface area contributed by atoms with Crippen molar-refractivity contribution in [2.24, 2.45) is 0 Å². The quantitative estimate of drug-likeness (QED) is 0.232. The maximum atomic E-state index is 13.5. The van der Waals surface area contributed by atoms with Crippen LogP contribution in [0.2, 0.25) is 0 Å². The second kappa shape index (κ2) is 11.1. The topological polar surface area (TPSA) is 71.5 Å². The summed E-state index contributed by atoms with van der Waals surface area (Å²) in [6.07, 6.45) is -1.59. The van der Waals surface area contributed by atoms with Gasteiger partial charge in [0.05, 0.1) is 16.1 Å². The van der Waals surface area contributed by atoms with Crippen LogP contribution in [0.3, 0.4) is 0 Å². The number of halogens is 4. The zero-order chi connectivity index (χ0) is 27.5. The number of Topliss-reactive ketones (excluding diaryl/α,β-unsaturated/α-hetero) is 1. The van der Waals surface area contributed by atoms with E-state index < -0.39 is 32.5 Å². The van der Waals surface area contributed by atoms with E-state index in [4.69, 9.17) is 0 Å². The lowest BCUT2D eigenvalue weighted by molar-refractivity contribution is -0.137.